The SMILES string of the molecule is Cc1cc(C)cc(Nc2ccc(-c3c(O)c(C)c(C)c(C)c3O)cc2)c1. The molecule has 0 saturated heterocycles. The molecule has 3 aromatic carbocycles. The molecule has 3 nitrogen and oxygen atoms in total. The monoisotopic (exact) mass is 347 g/mol. The highest BCUT2D eigenvalue weighted by Crippen LogP contribution is 2.43. The molecule has 0 spiro atoms. The van der Waals surface area contributed by atoms with Crippen molar-refractivity contribution in [2.45, 2.75) is 34.6 Å². The van der Waals surface area contributed by atoms with Crippen LogP contribution in [0.1, 0.15) is 27.8 Å². The van der Waals surface area contributed by atoms with Gasteiger partial charge in [0.25, 0.3) is 0 Å². The molecule has 0 saturated carbocycles. The minimum atomic E-state index is 0.139. The van der Waals surface area contributed by atoms with Gasteiger partial charge in [0.1, 0.15) is 11.5 Å². The molecule has 0 aliphatic heterocycles. The maximum absolute atomic E-state index is 10.5. The number of benzene rings is 3. The van der Waals surface area contributed by atoms with Crippen LogP contribution in [0.15, 0.2) is 42.5 Å². The Bertz CT molecular complexity index is 923. The molecule has 3 aromatic rings. The van der Waals surface area contributed by atoms with Crippen molar-refractivity contribution in [3.05, 3.63) is 70.3 Å². The van der Waals surface area contributed by atoms with Crippen LogP contribution in [0, 0.1) is 34.6 Å². The molecule has 0 atom stereocenters. The number of aryl methyl sites for hydroxylation is 2. The smallest absolute Gasteiger partial charge is 0.130 e. The second-order valence-electron chi connectivity index (χ2n) is 7.03. The van der Waals surface area contributed by atoms with Gasteiger partial charge < -0.3 is 15.5 Å². The highest BCUT2D eigenvalue weighted by atomic mass is 16.3. The average molecular weight is 347 g/mol. The summed E-state index contributed by atoms with van der Waals surface area (Å²) in [6.45, 7) is 9.81. The summed E-state index contributed by atoms with van der Waals surface area (Å²) in [7, 11) is 0. The van der Waals surface area contributed by atoms with Gasteiger partial charge in [-0.25, -0.2) is 0 Å². The fourth-order valence-electron chi connectivity index (χ4n) is 3.33. The lowest BCUT2D eigenvalue weighted by molar-refractivity contribution is 0.448. The normalized spacial score (nSPS) is 10.8. The predicted molar refractivity (Wildman–Crippen MR) is 109 cm³/mol. The van der Waals surface area contributed by atoms with E-state index in [1.54, 1.807) is 0 Å². The van der Waals surface area contributed by atoms with E-state index in [9.17, 15) is 10.2 Å². The Labute approximate surface area is 155 Å². The quantitative estimate of drug-likeness (QED) is 0.540. The Morgan fingerprint density at radius 3 is 1.62 bits per heavy atom. The lowest BCUT2D eigenvalue weighted by atomic mass is 9.93. The van der Waals surface area contributed by atoms with Crippen LogP contribution in [0.25, 0.3) is 11.1 Å². The molecular formula is C23H25NO2. The first-order valence-corrected chi connectivity index (χ1v) is 8.75. The fraction of sp³-hybridized carbons (Fsp3) is 0.217. The molecular weight excluding hydrogens is 322 g/mol. The molecule has 0 radical (unpaired) electrons. The van der Waals surface area contributed by atoms with Gasteiger partial charge >= 0.3 is 0 Å². The van der Waals surface area contributed by atoms with Crippen molar-refractivity contribution in [1.29, 1.82) is 0 Å². The molecule has 0 aliphatic carbocycles. The fourth-order valence-corrected chi connectivity index (χ4v) is 3.33. The molecule has 0 fully saturated rings. The molecule has 3 rings (SSSR count). The third-order valence-electron chi connectivity index (χ3n) is 4.99. The van der Waals surface area contributed by atoms with Crippen molar-refractivity contribution in [1.82, 2.24) is 0 Å². The number of anilines is 2. The zero-order valence-electron chi connectivity index (χ0n) is 15.9. The number of hydrogen-bond donors (Lipinski definition) is 3. The highest BCUT2D eigenvalue weighted by molar-refractivity contribution is 5.81. The summed E-state index contributed by atoms with van der Waals surface area (Å²) in [4.78, 5) is 0. The Hall–Kier alpha value is -2.94. The summed E-state index contributed by atoms with van der Waals surface area (Å²) in [5.74, 6) is 0.279. The van der Waals surface area contributed by atoms with E-state index in [-0.39, 0.29) is 11.5 Å². The van der Waals surface area contributed by atoms with Crippen molar-refractivity contribution in [3.8, 4) is 22.6 Å². The maximum atomic E-state index is 10.5. The minimum Gasteiger partial charge on any atom is -0.507 e. The van der Waals surface area contributed by atoms with Crippen LogP contribution in [0.2, 0.25) is 0 Å². The summed E-state index contributed by atoms with van der Waals surface area (Å²) in [5.41, 5.74) is 8.22. The van der Waals surface area contributed by atoms with Crippen LogP contribution in [-0.2, 0) is 0 Å². The molecule has 0 aliphatic rings. The van der Waals surface area contributed by atoms with Gasteiger partial charge in [-0.2, -0.15) is 0 Å². The summed E-state index contributed by atoms with van der Waals surface area (Å²) in [5, 5.41) is 24.5. The maximum Gasteiger partial charge on any atom is 0.130 e. The Morgan fingerprint density at radius 2 is 1.12 bits per heavy atom. The lowest BCUT2D eigenvalue weighted by Gasteiger charge is -2.16. The van der Waals surface area contributed by atoms with Gasteiger partial charge in [-0.15, -0.1) is 0 Å². The van der Waals surface area contributed by atoms with Crippen LogP contribution < -0.4 is 5.32 Å². The molecule has 3 N–H and O–H groups in total. The number of rotatable bonds is 3. The van der Waals surface area contributed by atoms with E-state index in [1.165, 1.54) is 11.1 Å². The number of phenolic OH excluding ortho intramolecular Hbond substituents is 2. The number of hydrogen-bond acceptors (Lipinski definition) is 3. The van der Waals surface area contributed by atoms with E-state index in [0.29, 0.717) is 5.56 Å². The molecule has 26 heavy (non-hydrogen) atoms. The molecule has 3 heteroatoms. The number of nitrogens with one attached hydrogen (secondary N) is 1. The van der Waals surface area contributed by atoms with Gasteiger partial charge in [-0.3, -0.25) is 0 Å². The van der Waals surface area contributed by atoms with E-state index in [0.717, 1.165) is 33.6 Å². The number of phenols is 2. The second kappa shape index (κ2) is 6.75. The van der Waals surface area contributed by atoms with Gasteiger partial charge in [-0.05, 0) is 92.3 Å². The summed E-state index contributed by atoms with van der Waals surface area (Å²) < 4.78 is 0. The summed E-state index contributed by atoms with van der Waals surface area (Å²) in [6, 6.07) is 14.1. The summed E-state index contributed by atoms with van der Waals surface area (Å²) >= 11 is 0. The molecule has 0 aromatic heterocycles. The predicted octanol–water partition coefficient (Wildman–Crippen LogP) is 6.05. The Morgan fingerprint density at radius 1 is 0.615 bits per heavy atom. The van der Waals surface area contributed by atoms with Gasteiger partial charge in [-0.1, -0.05) is 18.2 Å². The van der Waals surface area contributed by atoms with Crippen LogP contribution in [0.3, 0.4) is 0 Å². The third-order valence-corrected chi connectivity index (χ3v) is 4.99. The molecule has 0 amide bonds. The molecule has 134 valence electrons. The highest BCUT2D eigenvalue weighted by Gasteiger charge is 2.18. The Kier molecular flexibility index (Phi) is 4.64. The van der Waals surface area contributed by atoms with Crippen molar-refractivity contribution in [3.63, 3.8) is 0 Å². The van der Waals surface area contributed by atoms with E-state index >= 15 is 0 Å². The van der Waals surface area contributed by atoms with Crippen LogP contribution in [-0.4, -0.2) is 10.2 Å². The average Bonchev–Trinajstić information content (AvgIpc) is 2.59. The number of aromatic hydroxyl groups is 2. The first kappa shape index (κ1) is 17.9. The van der Waals surface area contributed by atoms with Crippen molar-refractivity contribution < 1.29 is 10.2 Å². The molecule has 0 heterocycles. The first-order chi connectivity index (χ1) is 12.3. The standard InChI is InChI=1S/C23H25NO2/c1-13-10-14(2)12-20(11-13)24-19-8-6-18(7-9-19)21-22(25)16(4)15(3)17(5)23(21)26/h6-12,24-26H,1-5H3. The zero-order chi connectivity index (χ0) is 19.0. The van der Waals surface area contributed by atoms with E-state index in [4.69, 9.17) is 0 Å². The first-order valence-electron chi connectivity index (χ1n) is 8.75. The zero-order valence-corrected chi connectivity index (χ0v) is 15.9. The lowest BCUT2D eigenvalue weighted by Crippen LogP contribution is -1.94. The third kappa shape index (κ3) is 3.25. The topological polar surface area (TPSA) is 52.5 Å². The summed E-state index contributed by atoms with van der Waals surface area (Å²) in [6.07, 6.45) is 0. The van der Waals surface area contributed by atoms with Gasteiger partial charge in [0.15, 0.2) is 0 Å². The molecule has 0 bridgehead atoms. The van der Waals surface area contributed by atoms with E-state index in [2.05, 4.69) is 37.4 Å². The second-order valence-corrected chi connectivity index (χ2v) is 7.03. The van der Waals surface area contributed by atoms with Crippen molar-refractivity contribution in [2.24, 2.45) is 0 Å². The van der Waals surface area contributed by atoms with Gasteiger partial charge in [0.05, 0.1) is 5.56 Å². The van der Waals surface area contributed by atoms with Crippen LogP contribution in [0.5, 0.6) is 11.5 Å². The van der Waals surface area contributed by atoms with Crippen LogP contribution >= 0.6 is 0 Å². The largest absolute Gasteiger partial charge is 0.507 e. The Balaban J connectivity index is 1.96. The van der Waals surface area contributed by atoms with Crippen molar-refractivity contribution >= 4 is 11.4 Å². The van der Waals surface area contributed by atoms with Gasteiger partial charge in [0, 0.05) is 11.4 Å². The minimum absolute atomic E-state index is 0.139. The van der Waals surface area contributed by atoms with Crippen molar-refractivity contribution in [2.75, 3.05) is 5.32 Å². The van der Waals surface area contributed by atoms with Crippen LogP contribution in [0.4, 0.5) is 11.4 Å². The van der Waals surface area contributed by atoms with E-state index in [1.807, 2.05) is 45.0 Å². The van der Waals surface area contributed by atoms with Gasteiger partial charge in [0.2, 0.25) is 0 Å². The molecule has 0 unspecified atom stereocenters. The van der Waals surface area contributed by atoms with E-state index < -0.39 is 0 Å².